The quantitative estimate of drug-likeness (QED) is 0.830. The summed E-state index contributed by atoms with van der Waals surface area (Å²) >= 11 is 0. The lowest BCUT2D eigenvalue weighted by Crippen LogP contribution is -2.20. The molecule has 2 heterocycles. The van der Waals surface area contributed by atoms with Crippen molar-refractivity contribution >= 4 is 10.9 Å². The average molecular weight is 244 g/mol. The number of fused-ring (bicyclic) bond motifs is 2. The van der Waals surface area contributed by atoms with Crippen LogP contribution in [-0.2, 0) is 13.0 Å². The molecule has 3 rings (SSSR count). The molecule has 0 radical (unpaired) electrons. The van der Waals surface area contributed by atoms with Gasteiger partial charge in [0.1, 0.15) is 11.6 Å². The number of aromatic nitrogens is 2. The van der Waals surface area contributed by atoms with Crippen molar-refractivity contribution in [2.24, 2.45) is 0 Å². The van der Waals surface area contributed by atoms with Crippen molar-refractivity contribution in [2.45, 2.75) is 32.7 Å². The topological polar surface area (TPSA) is 44.1 Å². The molecule has 0 spiro atoms. The maximum atomic E-state index is 12.3. The second-order valence-electron chi connectivity index (χ2n) is 4.62. The number of hydrogen-bond donors (Lipinski definition) is 0. The second-order valence-corrected chi connectivity index (χ2v) is 4.62. The molecular weight excluding hydrogens is 228 g/mol. The summed E-state index contributed by atoms with van der Waals surface area (Å²) in [6, 6.07) is 5.57. The Balaban J connectivity index is 2.13. The molecule has 0 bridgehead atoms. The molecule has 4 nitrogen and oxygen atoms in total. The molecule has 0 saturated heterocycles. The lowest BCUT2D eigenvalue weighted by atomic mass is 10.2. The van der Waals surface area contributed by atoms with Crippen molar-refractivity contribution in [1.82, 2.24) is 9.55 Å². The Morgan fingerprint density at radius 3 is 3.17 bits per heavy atom. The van der Waals surface area contributed by atoms with E-state index >= 15 is 0 Å². The van der Waals surface area contributed by atoms with E-state index in [1.807, 2.05) is 18.2 Å². The predicted octanol–water partition coefficient (Wildman–Crippen LogP) is 2.13. The minimum atomic E-state index is 0.0643. The molecule has 94 valence electrons. The number of rotatable bonds is 3. The van der Waals surface area contributed by atoms with Crippen LogP contribution in [0.5, 0.6) is 5.75 Å². The van der Waals surface area contributed by atoms with E-state index in [0.717, 1.165) is 42.9 Å². The molecular formula is C14H16N2O2. The van der Waals surface area contributed by atoms with Gasteiger partial charge >= 0.3 is 0 Å². The van der Waals surface area contributed by atoms with Gasteiger partial charge in [-0.2, -0.15) is 0 Å². The Morgan fingerprint density at radius 2 is 2.33 bits per heavy atom. The summed E-state index contributed by atoms with van der Waals surface area (Å²) in [6.45, 7) is 3.52. The minimum absolute atomic E-state index is 0.0643. The van der Waals surface area contributed by atoms with E-state index in [9.17, 15) is 4.79 Å². The minimum Gasteiger partial charge on any atom is -0.494 e. The van der Waals surface area contributed by atoms with E-state index in [1.165, 1.54) is 0 Å². The summed E-state index contributed by atoms with van der Waals surface area (Å²) in [7, 11) is 0. The largest absolute Gasteiger partial charge is 0.494 e. The second kappa shape index (κ2) is 4.44. The molecule has 0 fully saturated rings. The van der Waals surface area contributed by atoms with Crippen LogP contribution in [0.25, 0.3) is 10.9 Å². The summed E-state index contributed by atoms with van der Waals surface area (Å²) in [4.78, 5) is 16.9. The van der Waals surface area contributed by atoms with Gasteiger partial charge in [-0.25, -0.2) is 4.98 Å². The fraction of sp³-hybridized carbons (Fsp3) is 0.429. The van der Waals surface area contributed by atoms with Crippen LogP contribution in [0.15, 0.2) is 23.0 Å². The van der Waals surface area contributed by atoms with Gasteiger partial charge in [0.15, 0.2) is 0 Å². The normalized spacial score (nSPS) is 13.8. The van der Waals surface area contributed by atoms with Crippen LogP contribution in [0.4, 0.5) is 0 Å². The average Bonchev–Trinajstić information content (AvgIpc) is 2.85. The summed E-state index contributed by atoms with van der Waals surface area (Å²) in [5.74, 6) is 1.66. The number of aryl methyl sites for hydroxylation is 1. The van der Waals surface area contributed by atoms with Crippen molar-refractivity contribution in [3.63, 3.8) is 0 Å². The van der Waals surface area contributed by atoms with Gasteiger partial charge in [0.05, 0.1) is 17.5 Å². The third-order valence-electron chi connectivity index (χ3n) is 3.26. The van der Waals surface area contributed by atoms with E-state index in [4.69, 9.17) is 4.74 Å². The van der Waals surface area contributed by atoms with Gasteiger partial charge in [-0.05, 0) is 31.0 Å². The van der Waals surface area contributed by atoms with Crippen LogP contribution >= 0.6 is 0 Å². The van der Waals surface area contributed by atoms with Gasteiger partial charge in [0.2, 0.25) is 0 Å². The van der Waals surface area contributed by atoms with E-state index in [2.05, 4.69) is 11.9 Å². The highest BCUT2D eigenvalue weighted by Gasteiger charge is 2.16. The third kappa shape index (κ3) is 1.78. The summed E-state index contributed by atoms with van der Waals surface area (Å²) < 4.78 is 7.35. The molecule has 0 N–H and O–H groups in total. The highest BCUT2D eigenvalue weighted by Crippen LogP contribution is 2.19. The molecule has 1 aromatic heterocycles. The Kier molecular flexibility index (Phi) is 2.78. The molecule has 4 heteroatoms. The van der Waals surface area contributed by atoms with E-state index in [1.54, 1.807) is 4.57 Å². The molecule has 1 aromatic carbocycles. The predicted molar refractivity (Wildman–Crippen MR) is 70.1 cm³/mol. The van der Waals surface area contributed by atoms with Gasteiger partial charge in [-0.1, -0.05) is 6.92 Å². The fourth-order valence-corrected chi connectivity index (χ4v) is 2.37. The van der Waals surface area contributed by atoms with Gasteiger partial charge in [-0.3, -0.25) is 9.36 Å². The molecule has 1 aliphatic rings. The first-order chi connectivity index (χ1) is 8.79. The highest BCUT2D eigenvalue weighted by atomic mass is 16.5. The third-order valence-corrected chi connectivity index (χ3v) is 3.26. The van der Waals surface area contributed by atoms with Gasteiger partial charge < -0.3 is 4.74 Å². The Bertz CT molecular complexity index is 646. The fourth-order valence-electron chi connectivity index (χ4n) is 2.37. The van der Waals surface area contributed by atoms with Crippen LogP contribution in [0.1, 0.15) is 25.6 Å². The van der Waals surface area contributed by atoms with Crippen LogP contribution in [-0.4, -0.2) is 16.2 Å². The van der Waals surface area contributed by atoms with E-state index < -0.39 is 0 Å². The zero-order valence-electron chi connectivity index (χ0n) is 10.5. The maximum absolute atomic E-state index is 12.3. The first-order valence-electron chi connectivity index (χ1n) is 6.46. The first kappa shape index (κ1) is 11.3. The monoisotopic (exact) mass is 244 g/mol. The van der Waals surface area contributed by atoms with Crippen molar-refractivity contribution in [1.29, 1.82) is 0 Å². The van der Waals surface area contributed by atoms with Gasteiger partial charge in [-0.15, -0.1) is 0 Å². The number of benzene rings is 1. The number of hydrogen-bond acceptors (Lipinski definition) is 3. The van der Waals surface area contributed by atoms with E-state index in [0.29, 0.717) is 12.0 Å². The number of nitrogens with zero attached hydrogens (tertiary/aromatic N) is 2. The molecule has 1 aliphatic heterocycles. The Labute approximate surface area is 105 Å². The van der Waals surface area contributed by atoms with Gasteiger partial charge in [0, 0.05) is 13.0 Å². The molecule has 2 aromatic rings. The molecule has 0 atom stereocenters. The van der Waals surface area contributed by atoms with Crippen molar-refractivity contribution in [2.75, 3.05) is 6.61 Å². The van der Waals surface area contributed by atoms with Gasteiger partial charge in [0.25, 0.3) is 5.56 Å². The van der Waals surface area contributed by atoms with Crippen LogP contribution in [0, 0.1) is 0 Å². The SMILES string of the molecule is CCCOc1ccc2nc3n(c(=O)c2c1)CCC3. The van der Waals surface area contributed by atoms with Crippen LogP contribution in [0.2, 0.25) is 0 Å². The van der Waals surface area contributed by atoms with Crippen molar-refractivity contribution in [3.8, 4) is 5.75 Å². The summed E-state index contributed by atoms with van der Waals surface area (Å²) in [5.41, 5.74) is 0.839. The summed E-state index contributed by atoms with van der Waals surface area (Å²) in [5, 5.41) is 0.661. The van der Waals surface area contributed by atoms with E-state index in [-0.39, 0.29) is 5.56 Å². The maximum Gasteiger partial charge on any atom is 0.261 e. The lowest BCUT2D eigenvalue weighted by molar-refractivity contribution is 0.318. The van der Waals surface area contributed by atoms with Crippen LogP contribution in [0.3, 0.4) is 0 Å². The first-order valence-corrected chi connectivity index (χ1v) is 6.46. The molecule has 0 aliphatic carbocycles. The zero-order chi connectivity index (χ0) is 12.5. The Hall–Kier alpha value is -1.84. The number of ether oxygens (including phenoxy) is 1. The lowest BCUT2D eigenvalue weighted by Gasteiger charge is -2.07. The molecule has 0 saturated carbocycles. The zero-order valence-corrected chi connectivity index (χ0v) is 10.5. The summed E-state index contributed by atoms with van der Waals surface area (Å²) in [6.07, 6.45) is 2.87. The highest BCUT2D eigenvalue weighted by molar-refractivity contribution is 5.79. The standard InChI is InChI=1S/C14H16N2O2/c1-2-8-18-10-5-6-12-11(9-10)14(17)16-7-3-4-13(16)15-12/h5-6,9H,2-4,7-8H2,1H3. The van der Waals surface area contributed by atoms with Crippen molar-refractivity contribution in [3.05, 3.63) is 34.4 Å². The Morgan fingerprint density at radius 1 is 1.44 bits per heavy atom. The smallest absolute Gasteiger partial charge is 0.261 e. The molecule has 0 amide bonds. The molecule has 18 heavy (non-hydrogen) atoms. The van der Waals surface area contributed by atoms with Crippen LogP contribution < -0.4 is 10.3 Å². The molecule has 0 unspecified atom stereocenters. The van der Waals surface area contributed by atoms with Crippen molar-refractivity contribution < 1.29 is 4.74 Å².